The summed E-state index contributed by atoms with van der Waals surface area (Å²) < 4.78 is 17.5. The molecule has 0 atom stereocenters. The number of rotatable bonds is 2. The lowest BCUT2D eigenvalue weighted by atomic mass is 9.77. The first-order valence-corrected chi connectivity index (χ1v) is 6.81. The van der Waals surface area contributed by atoms with Crippen LogP contribution in [0.15, 0.2) is 28.9 Å². The highest BCUT2D eigenvalue weighted by atomic mass is 16.7. The molecule has 0 aromatic rings. The van der Waals surface area contributed by atoms with Crippen LogP contribution in [-0.2, 0) is 15.9 Å². The molecular weight excluding hydrogens is 255 g/mol. The molecule has 3 aliphatic rings. The molecule has 0 amide bonds. The zero-order valence-electron chi connectivity index (χ0n) is 12.3. The fourth-order valence-electron chi connectivity index (χ4n) is 2.50. The minimum Gasteiger partial charge on any atom is -0.466 e. The van der Waals surface area contributed by atoms with Gasteiger partial charge < -0.3 is 18.8 Å². The Morgan fingerprint density at radius 2 is 1.70 bits per heavy atom. The van der Waals surface area contributed by atoms with Crippen molar-refractivity contribution >= 4 is 12.6 Å². The van der Waals surface area contributed by atoms with Gasteiger partial charge in [0.2, 0.25) is 0 Å². The van der Waals surface area contributed by atoms with Crippen LogP contribution in [0, 0.1) is 0 Å². The van der Waals surface area contributed by atoms with Crippen molar-refractivity contribution in [2.75, 3.05) is 0 Å². The number of hydrogen-bond donors (Lipinski definition) is 1. The van der Waals surface area contributed by atoms with Gasteiger partial charge in [-0.1, -0.05) is 12.1 Å². The van der Waals surface area contributed by atoms with Crippen LogP contribution in [0.1, 0.15) is 33.5 Å². The van der Waals surface area contributed by atoms with Gasteiger partial charge in [-0.2, -0.15) is 0 Å². The fraction of sp³-hybridized carbons (Fsp3) is 0.467. The molecule has 1 saturated heterocycles. The molecule has 4 nitrogen and oxygen atoms in total. The predicted octanol–water partition coefficient (Wildman–Crippen LogP) is 2.18. The summed E-state index contributed by atoms with van der Waals surface area (Å²) in [6.07, 6.45) is 1.59. The van der Waals surface area contributed by atoms with Gasteiger partial charge in [0.25, 0.3) is 0 Å². The molecule has 1 N–H and O–H groups in total. The lowest BCUT2D eigenvalue weighted by Gasteiger charge is -2.32. The van der Waals surface area contributed by atoms with Crippen molar-refractivity contribution in [1.29, 1.82) is 0 Å². The highest BCUT2D eigenvalue weighted by molar-refractivity contribution is 6.64. The SMILES string of the molecule is CC1(C)OB(c2ccc3ccoc(CO)c2-3)OC1(C)C. The Hall–Kier alpha value is -1.30. The molecule has 2 aliphatic heterocycles. The molecule has 1 fully saturated rings. The van der Waals surface area contributed by atoms with E-state index < -0.39 is 7.12 Å². The third-order valence-electron chi connectivity index (χ3n) is 4.41. The Morgan fingerprint density at radius 1 is 1.05 bits per heavy atom. The van der Waals surface area contributed by atoms with Gasteiger partial charge >= 0.3 is 7.12 Å². The van der Waals surface area contributed by atoms with Crippen molar-refractivity contribution in [3.05, 3.63) is 30.2 Å². The number of fused-ring (bicyclic) bond motifs is 1. The van der Waals surface area contributed by atoms with E-state index in [0.29, 0.717) is 5.76 Å². The lowest BCUT2D eigenvalue weighted by molar-refractivity contribution is 0.00578. The maximum absolute atomic E-state index is 9.45. The first-order chi connectivity index (χ1) is 9.36. The number of aliphatic hydroxyl groups is 1. The minimum atomic E-state index is -0.444. The van der Waals surface area contributed by atoms with Crippen LogP contribution in [-0.4, -0.2) is 23.4 Å². The summed E-state index contributed by atoms with van der Waals surface area (Å²) in [7, 11) is -0.444. The van der Waals surface area contributed by atoms with E-state index in [1.54, 1.807) is 6.26 Å². The summed E-state index contributed by atoms with van der Waals surface area (Å²) in [5, 5.41) is 9.45. The van der Waals surface area contributed by atoms with Gasteiger partial charge in [0.1, 0.15) is 12.4 Å². The van der Waals surface area contributed by atoms with Gasteiger partial charge in [-0.3, -0.25) is 0 Å². The predicted molar refractivity (Wildman–Crippen MR) is 77.0 cm³/mol. The van der Waals surface area contributed by atoms with Crippen molar-refractivity contribution in [1.82, 2.24) is 0 Å². The summed E-state index contributed by atoms with van der Waals surface area (Å²) >= 11 is 0. The van der Waals surface area contributed by atoms with Crippen LogP contribution in [0.25, 0.3) is 11.1 Å². The summed E-state index contributed by atoms with van der Waals surface area (Å²) in [6, 6.07) is 5.84. The van der Waals surface area contributed by atoms with Crippen LogP contribution >= 0.6 is 0 Å². The topological polar surface area (TPSA) is 51.8 Å². The summed E-state index contributed by atoms with van der Waals surface area (Å²) in [5.41, 5.74) is 2.05. The maximum atomic E-state index is 9.45. The third-order valence-corrected chi connectivity index (χ3v) is 4.41. The monoisotopic (exact) mass is 274 g/mol. The Labute approximate surface area is 119 Å². The molecule has 0 aromatic carbocycles. The molecule has 0 saturated carbocycles. The fourth-order valence-corrected chi connectivity index (χ4v) is 2.50. The van der Waals surface area contributed by atoms with Crippen molar-refractivity contribution in [3.8, 4) is 11.1 Å². The lowest BCUT2D eigenvalue weighted by Crippen LogP contribution is -2.41. The van der Waals surface area contributed by atoms with Crippen LogP contribution in [0.4, 0.5) is 0 Å². The van der Waals surface area contributed by atoms with E-state index >= 15 is 0 Å². The normalized spacial score (nSPS) is 20.8. The molecule has 5 heteroatoms. The van der Waals surface area contributed by atoms with E-state index in [-0.39, 0.29) is 17.8 Å². The molecular formula is C15H19BO4. The van der Waals surface area contributed by atoms with E-state index in [1.165, 1.54) is 0 Å². The average molecular weight is 274 g/mol. The van der Waals surface area contributed by atoms with E-state index in [2.05, 4.69) is 0 Å². The number of hydrogen-bond acceptors (Lipinski definition) is 4. The van der Waals surface area contributed by atoms with Crippen LogP contribution in [0.5, 0.6) is 0 Å². The van der Waals surface area contributed by atoms with E-state index in [4.69, 9.17) is 13.7 Å². The van der Waals surface area contributed by atoms with Gasteiger partial charge in [-0.15, -0.1) is 0 Å². The highest BCUT2D eigenvalue weighted by Gasteiger charge is 2.52. The Bertz CT molecular complexity index is 586. The molecule has 0 radical (unpaired) electrons. The zero-order chi connectivity index (χ0) is 14.5. The summed E-state index contributed by atoms with van der Waals surface area (Å²) in [4.78, 5) is 0. The Kier molecular flexibility index (Phi) is 2.97. The third kappa shape index (κ3) is 1.89. The molecule has 3 rings (SSSR count). The second-order valence-corrected chi connectivity index (χ2v) is 6.21. The Morgan fingerprint density at radius 3 is 2.30 bits per heavy atom. The summed E-state index contributed by atoms with van der Waals surface area (Å²) in [6.45, 7) is 7.95. The van der Waals surface area contributed by atoms with Crippen molar-refractivity contribution < 1.29 is 18.8 Å². The van der Waals surface area contributed by atoms with Gasteiger partial charge in [-0.25, -0.2) is 0 Å². The molecule has 0 aromatic heterocycles. The molecule has 2 heterocycles. The van der Waals surface area contributed by atoms with Gasteiger partial charge in [0.05, 0.1) is 17.5 Å². The molecule has 0 unspecified atom stereocenters. The zero-order valence-corrected chi connectivity index (χ0v) is 12.3. The van der Waals surface area contributed by atoms with Crippen LogP contribution < -0.4 is 5.46 Å². The van der Waals surface area contributed by atoms with Gasteiger partial charge in [-0.05, 0) is 44.8 Å². The van der Waals surface area contributed by atoms with Crippen molar-refractivity contribution in [2.45, 2.75) is 45.5 Å². The standard InChI is InChI=1S/C15H19BO4/c1-14(2)15(3,4)20-16(19-14)11-6-5-10-7-8-18-12(9-17)13(10)11/h5-8,17H,9H2,1-4H3. The quantitative estimate of drug-likeness (QED) is 0.853. The largest absolute Gasteiger partial charge is 0.495 e. The molecule has 1 aliphatic carbocycles. The summed E-state index contributed by atoms with van der Waals surface area (Å²) in [5.74, 6) is 0.539. The van der Waals surface area contributed by atoms with E-state index in [0.717, 1.165) is 16.6 Å². The van der Waals surface area contributed by atoms with Gasteiger partial charge in [0.15, 0.2) is 0 Å². The first-order valence-electron chi connectivity index (χ1n) is 6.81. The van der Waals surface area contributed by atoms with Crippen LogP contribution in [0.3, 0.4) is 0 Å². The van der Waals surface area contributed by atoms with E-state index in [9.17, 15) is 5.11 Å². The first kappa shape index (κ1) is 13.7. The maximum Gasteiger partial charge on any atom is 0.495 e. The minimum absolute atomic E-state index is 0.145. The molecule has 20 heavy (non-hydrogen) atoms. The molecule has 0 bridgehead atoms. The smallest absolute Gasteiger partial charge is 0.466 e. The molecule has 0 spiro atoms. The van der Waals surface area contributed by atoms with Crippen LogP contribution in [0.2, 0.25) is 0 Å². The highest BCUT2D eigenvalue weighted by Crippen LogP contribution is 2.38. The second kappa shape index (κ2) is 4.35. The van der Waals surface area contributed by atoms with Crippen molar-refractivity contribution in [2.24, 2.45) is 0 Å². The van der Waals surface area contributed by atoms with Crippen molar-refractivity contribution in [3.63, 3.8) is 0 Å². The Balaban J connectivity index is 2.05. The number of aliphatic hydroxyl groups excluding tert-OH is 1. The van der Waals surface area contributed by atoms with Gasteiger partial charge in [0, 0.05) is 5.56 Å². The average Bonchev–Trinajstić information content (AvgIpc) is 2.88. The molecule has 106 valence electrons. The second-order valence-electron chi connectivity index (χ2n) is 6.21. The van der Waals surface area contributed by atoms with E-state index in [1.807, 2.05) is 45.9 Å².